The van der Waals surface area contributed by atoms with Crippen molar-refractivity contribution in [3.8, 4) is 28.7 Å². The molecule has 1 fully saturated rings. The minimum atomic E-state index is -3.01. The van der Waals surface area contributed by atoms with Gasteiger partial charge in [-0.25, -0.2) is 0 Å². The molecule has 1 aromatic heterocycles. The van der Waals surface area contributed by atoms with E-state index in [9.17, 15) is 8.78 Å². The van der Waals surface area contributed by atoms with E-state index in [1.54, 1.807) is 0 Å². The van der Waals surface area contributed by atoms with Crippen molar-refractivity contribution in [2.24, 2.45) is 5.73 Å². The summed E-state index contributed by atoms with van der Waals surface area (Å²) in [6, 6.07) is 2.92. The zero-order valence-electron chi connectivity index (χ0n) is 13.6. The van der Waals surface area contributed by atoms with Crippen molar-refractivity contribution < 1.29 is 27.5 Å². The fourth-order valence-corrected chi connectivity index (χ4v) is 2.53. The lowest BCUT2D eigenvalue weighted by Gasteiger charge is -2.34. The van der Waals surface area contributed by atoms with E-state index in [0.29, 0.717) is 11.4 Å². The van der Waals surface area contributed by atoms with Gasteiger partial charge in [0.25, 0.3) is 5.89 Å². The predicted molar refractivity (Wildman–Crippen MR) is 86.4 cm³/mol. The molecule has 1 aromatic carbocycles. The van der Waals surface area contributed by atoms with Crippen molar-refractivity contribution in [2.45, 2.75) is 31.4 Å². The maximum atomic E-state index is 12.6. The molecule has 25 heavy (non-hydrogen) atoms. The third-order valence-corrected chi connectivity index (χ3v) is 4.03. The largest absolute Gasteiger partial charge is 0.493 e. The van der Waals surface area contributed by atoms with Gasteiger partial charge in [0.2, 0.25) is 5.75 Å². The third kappa shape index (κ3) is 3.62. The Kier molecular flexibility index (Phi) is 5.69. The molecule has 0 bridgehead atoms. The Labute approximate surface area is 148 Å². The van der Waals surface area contributed by atoms with Gasteiger partial charge in [0.15, 0.2) is 17.3 Å². The van der Waals surface area contributed by atoms with Gasteiger partial charge >= 0.3 is 6.61 Å². The molecule has 0 radical (unpaired) electrons. The number of aromatic nitrogens is 2. The van der Waals surface area contributed by atoms with Crippen LogP contribution in [0.4, 0.5) is 8.78 Å². The molecule has 0 saturated heterocycles. The van der Waals surface area contributed by atoms with Crippen LogP contribution in [0, 0.1) is 0 Å². The Hall–Kier alpha value is -2.13. The van der Waals surface area contributed by atoms with Crippen LogP contribution in [-0.4, -0.2) is 31.0 Å². The van der Waals surface area contributed by atoms with Gasteiger partial charge in [0, 0.05) is 5.56 Å². The van der Waals surface area contributed by atoms with Crippen LogP contribution in [-0.2, 0) is 5.54 Å². The number of methoxy groups -OCH3 is 2. The highest BCUT2D eigenvalue weighted by Gasteiger charge is 2.39. The number of alkyl halides is 2. The average molecular weight is 378 g/mol. The van der Waals surface area contributed by atoms with Crippen LogP contribution in [0.15, 0.2) is 16.7 Å². The molecular formula is C15H18ClF2N3O4. The fraction of sp³-hybridized carbons (Fsp3) is 0.467. The van der Waals surface area contributed by atoms with Gasteiger partial charge in [-0.15, -0.1) is 12.4 Å². The van der Waals surface area contributed by atoms with Crippen LogP contribution in [0.25, 0.3) is 11.5 Å². The SMILES string of the molecule is COc1cc(-c2nc(C3(N)CCC3)no2)cc(OC)c1OC(F)F.Cl. The number of hydrogen-bond acceptors (Lipinski definition) is 7. The van der Waals surface area contributed by atoms with Crippen molar-refractivity contribution in [3.05, 3.63) is 18.0 Å². The van der Waals surface area contributed by atoms with E-state index in [1.165, 1.54) is 26.4 Å². The Balaban J connectivity index is 0.00000225. The van der Waals surface area contributed by atoms with E-state index >= 15 is 0 Å². The molecule has 0 amide bonds. The van der Waals surface area contributed by atoms with Crippen LogP contribution in [0.5, 0.6) is 17.2 Å². The molecule has 138 valence electrons. The zero-order valence-corrected chi connectivity index (χ0v) is 14.4. The molecule has 1 saturated carbocycles. The Morgan fingerprint density at radius 1 is 1.20 bits per heavy atom. The van der Waals surface area contributed by atoms with Crippen molar-refractivity contribution in [2.75, 3.05) is 14.2 Å². The fourth-order valence-electron chi connectivity index (χ4n) is 2.53. The number of benzene rings is 1. The molecule has 1 heterocycles. The second kappa shape index (κ2) is 7.40. The number of ether oxygens (including phenoxy) is 3. The first-order valence-corrected chi connectivity index (χ1v) is 7.31. The number of rotatable bonds is 6. The van der Waals surface area contributed by atoms with Crippen molar-refractivity contribution in [1.82, 2.24) is 10.1 Å². The summed E-state index contributed by atoms with van der Waals surface area (Å²) in [4.78, 5) is 4.31. The number of halogens is 3. The van der Waals surface area contributed by atoms with Gasteiger partial charge in [-0.2, -0.15) is 13.8 Å². The molecule has 0 spiro atoms. The maximum Gasteiger partial charge on any atom is 0.387 e. The first-order valence-electron chi connectivity index (χ1n) is 7.31. The van der Waals surface area contributed by atoms with Gasteiger partial charge in [0.1, 0.15) is 0 Å². The summed E-state index contributed by atoms with van der Waals surface area (Å²) < 4.78 is 45.1. The highest BCUT2D eigenvalue weighted by molar-refractivity contribution is 5.85. The van der Waals surface area contributed by atoms with Crippen LogP contribution >= 0.6 is 12.4 Å². The third-order valence-electron chi connectivity index (χ3n) is 4.03. The van der Waals surface area contributed by atoms with Crippen LogP contribution in [0.3, 0.4) is 0 Å². The van der Waals surface area contributed by atoms with Crippen molar-refractivity contribution in [3.63, 3.8) is 0 Å². The molecule has 10 heteroatoms. The van der Waals surface area contributed by atoms with Crippen LogP contribution < -0.4 is 19.9 Å². The van der Waals surface area contributed by atoms with E-state index in [0.717, 1.165) is 19.3 Å². The number of hydrogen-bond donors (Lipinski definition) is 1. The summed E-state index contributed by atoms with van der Waals surface area (Å²) in [5.74, 6) is 0.551. The summed E-state index contributed by atoms with van der Waals surface area (Å²) in [5, 5.41) is 3.92. The van der Waals surface area contributed by atoms with Crippen LogP contribution in [0.2, 0.25) is 0 Å². The predicted octanol–water partition coefficient (Wildman–Crippen LogP) is 3.11. The summed E-state index contributed by atoms with van der Waals surface area (Å²) in [6.45, 7) is -3.01. The van der Waals surface area contributed by atoms with E-state index in [-0.39, 0.29) is 35.5 Å². The number of nitrogens with zero attached hydrogens (tertiary/aromatic N) is 2. The van der Waals surface area contributed by atoms with E-state index < -0.39 is 12.2 Å². The highest BCUT2D eigenvalue weighted by atomic mass is 35.5. The van der Waals surface area contributed by atoms with Gasteiger partial charge in [0.05, 0.1) is 19.8 Å². The lowest BCUT2D eigenvalue weighted by molar-refractivity contribution is -0.0526. The minimum Gasteiger partial charge on any atom is -0.493 e. The molecule has 0 unspecified atom stereocenters. The zero-order chi connectivity index (χ0) is 17.3. The van der Waals surface area contributed by atoms with Gasteiger partial charge in [-0.1, -0.05) is 5.16 Å². The molecule has 2 N–H and O–H groups in total. The second-order valence-electron chi connectivity index (χ2n) is 5.52. The van der Waals surface area contributed by atoms with Gasteiger partial charge in [-0.05, 0) is 31.4 Å². The van der Waals surface area contributed by atoms with E-state index in [1.807, 2.05) is 0 Å². The lowest BCUT2D eigenvalue weighted by atomic mass is 9.77. The second-order valence-corrected chi connectivity index (χ2v) is 5.52. The molecule has 7 nitrogen and oxygen atoms in total. The average Bonchev–Trinajstić information content (AvgIpc) is 3.02. The summed E-state index contributed by atoms with van der Waals surface area (Å²) in [6.07, 6.45) is 2.60. The number of nitrogens with two attached hydrogens (primary N) is 1. The van der Waals surface area contributed by atoms with Gasteiger partial charge in [-0.3, -0.25) is 0 Å². The normalized spacial score (nSPS) is 15.3. The lowest BCUT2D eigenvalue weighted by Crippen LogP contribution is -2.44. The summed E-state index contributed by atoms with van der Waals surface area (Å²) >= 11 is 0. The summed E-state index contributed by atoms with van der Waals surface area (Å²) in [5.41, 5.74) is 6.06. The first kappa shape index (κ1) is 19.2. The van der Waals surface area contributed by atoms with Crippen molar-refractivity contribution >= 4 is 12.4 Å². The molecule has 0 atom stereocenters. The van der Waals surface area contributed by atoms with Crippen molar-refractivity contribution in [1.29, 1.82) is 0 Å². The molecule has 2 aromatic rings. The molecule has 0 aliphatic heterocycles. The highest BCUT2D eigenvalue weighted by Crippen LogP contribution is 2.43. The van der Waals surface area contributed by atoms with E-state index in [4.69, 9.17) is 19.7 Å². The maximum absolute atomic E-state index is 12.6. The smallest absolute Gasteiger partial charge is 0.387 e. The monoisotopic (exact) mass is 377 g/mol. The molecule has 3 rings (SSSR count). The molecular weight excluding hydrogens is 360 g/mol. The summed E-state index contributed by atoms with van der Waals surface area (Å²) in [7, 11) is 2.67. The van der Waals surface area contributed by atoms with Gasteiger partial charge < -0.3 is 24.5 Å². The van der Waals surface area contributed by atoms with E-state index in [2.05, 4.69) is 14.9 Å². The quantitative estimate of drug-likeness (QED) is 0.826. The first-order chi connectivity index (χ1) is 11.5. The van der Waals surface area contributed by atoms with Crippen LogP contribution in [0.1, 0.15) is 25.1 Å². The minimum absolute atomic E-state index is 0. The standard InChI is InChI=1S/C15H17F2N3O4.ClH/c1-21-9-6-8(7-10(22-2)11(9)23-14(16)17)12-19-13(20-24-12)15(18)4-3-5-15;/h6-7,14H,3-5,18H2,1-2H3;1H. The Morgan fingerprint density at radius 3 is 2.24 bits per heavy atom. The molecule has 1 aliphatic carbocycles. The Bertz CT molecular complexity index is 712. The molecule has 1 aliphatic rings. The Morgan fingerprint density at radius 2 is 1.80 bits per heavy atom. The topological polar surface area (TPSA) is 92.6 Å².